The number of aromatic nitrogens is 2. The number of aryl methyl sites for hydroxylation is 1. The maximum atomic E-state index is 12.5. The second kappa shape index (κ2) is 6.46. The Morgan fingerprint density at radius 3 is 2.85 bits per heavy atom. The van der Waals surface area contributed by atoms with Gasteiger partial charge in [-0.15, -0.1) is 0 Å². The van der Waals surface area contributed by atoms with Crippen molar-refractivity contribution in [3.8, 4) is 0 Å². The fourth-order valence-electron chi connectivity index (χ4n) is 3.18. The smallest absolute Gasteiger partial charge is 0.271 e. The Morgan fingerprint density at radius 1 is 1.23 bits per heavy atom. The number of fused-ring (bicyclic) bond motifs is 1. The third-order valence-corrected chi connectivity index (χ3v) is 4.75. The van der Waals surface area contributed by atoms with E-state index >= 15 is 0 Å². The zero-order valence-corrected chi connectivity index (χ0v) is 14.9. The van der Waals surface area contributed by atoms with E-state index in [1.807, 2.05) is 41.8 Å². The van der Waals surface area contributed by atoms with Gasteiger partial charge in [-0.05, 0) is 30.7 Å². The lowest BCUT2D eigenvalue weighted by Crippen LogP contribution is -2.37. The van der Waals surface area contributed by atoms with Gasteiger partial charge in [0.2, 0.25) is 5.91 Å². The molecular formula is C19H17ClN4O2. The van der Waals surface area contributed by atoms with E-state index in [0.29, 0.717) is 28.6 Å². The average Bonchev–Trinajstić information content (AvgIpc) is 3.18. The van der Waals surface area contributed by atoms with Gasteiger partial charge >= 0.3 is 0 Å². The Morgan fingerprint density at radius 2 is 2.04 bits per heavy atom. The van der Waals surface area contributed by atoms with Crippen molar-refractivity contribution >= 4 is 34.7 Å². The van der Waals surface area contributed by atoms with Gasteiger partial charge in [0.25, 0.3) is 5.91 Å². The van der Waals surface area contributed by atoms with Gasteiger partial charge in [0.05, 0.1) is 16.8 Å². The summed E-state index contributed by atoms with van der Waals surface area (Å²) < 4.78 is 1.82. The number of carbonyl (C=O) groups excluding carboxylic acids is 2. The SMILES string of the molecule is Cc1ccc2nc(C(=O)N[C@@H]3CC(=O)N(c4ccccc4Cl)C3)cn2c1. The average molecular weight is 369 g/mol. The van der Waals surface area contributed by atoms with Crippen LogP contribution < -0.4 is 10.2 Å². The predicted octanol–water partition coefficient (Wildman–Crippen LogP) is 2.83. The van der Waals surface area contributed by atoms with Crippen molar-refractivity contribution in [1.29, 1.82) is 0 Å². The fraction of sp³-hybridized carbons (Fsp3) is 0.211. The zero-order chi connectivity index (χ0) is 18.3. The van der Waals surface area contributed by atoms with Gasteiger partial charge in [-0.25, -0.2) is 4.98 Å². The molecule has 6 nitrogen and oxygen atoms in total. The molecule has 3 aromatic rings. The van der Waals surface area contributed by atoms with Crippen LogP contribution in [0.3, 0.4) is 0 Å². The van der Waals surface area contributed by atoms with E-state index in [0.717, 1.165) is 5.56 Å². The first-order chi connectivity index (χ1) is 12.5. The lowest BCUT2D eigenvalue weighted by atomic mass is 10.2. The molecule has 2 aromatic heterocycles. The van der Waals surface area contributed by atoms with E-state index in [-0.39, 0.29) is 24.3 Å². The fourth-order valence-corrected chi connectivity index (χ4v) is 3.42. The van der Waals surface area contributed by atoms with Crippen molar-refractivity contribution in [3.05, 3.63) is 65.1 Å². The molecule has 132 valence electrons. The maximum absolute atomic E-state index is 12.5. The number of halogens is 1. The quantitative estimate of drug-likeness (QED) is 0.773. The van der Waals surface area contributed by atoms with Gasteiger partial charge in [0, 0.05) is 25.4 Å². The molecule has 4 rings (SSSR count). The van der Waals surface area contributed by atoms with Crippen LogP contribution in [0.25, 0.3) is 5.65 Å². The van der Waals surface area contributed by atoms with E-state index in [1.54, 1.807) is 23.2 Å². The minimum absolute atomic E-state index is 0.0611. The van der Waals surface area contributed by atoms with Crippen LogP contribution in [-0.4, -0.2) is 33.8 Å². The molecule has 1 aromatic carbocycles. The lowest BCUT2D eigenvalue weighted by molar-refractivity contribution is -0.117. The number of carbonyl (C=O) groups is 2. The molecule has 0 saturated carbocycles. The first-order valence-electron chi connectivity index (χ1n) is 8.32. The molecule has 3 heterocycles. The highest BCUT2D eigenvalue weighted by Gasteiger charge is 2.33. The summed E-state index contributed by atoms with van der Waals surface area (Å²) >= 11 is 6.18. The molecule has 0 aliphatic carbocycles. The Balaban J connectivity index is 1.49. The Labute approximate surface area is 155 Å². The number of nitrogens with one attached hydrogen (secondary N) is 1. The molecule has 0 unspecified atom stereocenters. The largest absolute Gasteiger partial charge is 0.346 e. The molecule has 2 amide bonds. The number of imidazole rings is 1. The molecule has 0 bridgehead atoms. The molecular weight excluding hydrogens is 352 g/mol. The van der Waals surface area contributed by atoms with E-state index in [1.165, 1.54) is 0 Å². The topological polar surface area (TPSA) is 66.7 Å². The highest BCUT2D eigenvalue weighted by atomic mass is 35.5. The molecule has 26 heavy (non-hydrogen) atoms. The number of para-hydroxylation sites is 1. The van der Waals surface area contributed by atoms with Crippen molar-refractivity contribution in [1.82, 2.24) is 14.7 Å². The Hall–Kier alpha value is -2.86. The van der Waals surface area contributed by atoms with E-state index in [9.17, 15) is 9.59 Å². The third-order valence-electron chi connectivity index (χ3n) is 4.44. The number of hydrogen-bond acceptors (Lipinski definition) is 3. The first-order valence-corrected chi connectivity index (χ1v) is 8.70. The van der Waals surface area contributed by atoms with Crippen LogP contribution in [0.4, 0.5) is 5.69 Å². The Kier molecular flexibility index (Phi) is 4.12. The molecule has 1 fully saturated rings. The van der Waals surface area contributed by atoms with Crippen molar-refractivity contribution < 1.29 is 9.59 Å². The molecule has 0 spiro atoms. The van der Waals surface area contributed by atoms with Crippen LogP contribution >= 0.6 is 11.6 Å². The van der Waals surface area contributed by atoms with Gasteiger partial charge < -0.3 is 14.6 Å². The monoisotopic (exact) mass is 368 g/mol. The van der Waals surface area contributed by atoms with Crippen molar-refractivity contribution in [3.63, 3.8) is 0 Å². The van der Waals surface area contributed by atoms with Crippen LogP contribution in [0.5, 0.6) is 0 Å². The van der Waals surface area contributed by atoms with Gasteiger partial charge in [-0.2, -0.15) is 0 Å². The van der Waals surface area contributed by atoms with Crippen molar-refractivity contribution in [2.24, 2.45) is 0 Å². The van der Waals surface area contributed by atoms with Gasteiger partial charge in [-0.3, -0.25) is 9.59 Å². The predicted molar refractivity (Wildman–Crippen MR) is 99.6 cm³/mol. The summed E-state index contributed by atoms with van der Waals surface area (Å²) in [4.78, 5) is 30.8. The minimum atomic E-state index is -0.287. The van der Waals surface area contributed by atoms with Gasteiger partial charge in [0.15, 0.2) is 0 Å². The maximum Gasteiger partial charge on any atom is 0.271 e. The molecule has 1 aliphatic rings. The van der Waals surface area contributed by atoms with Crippen LogP contribution in [0.1, 0.15) is 22.5 Å². The number of rotatable bonds is 3. The summed E-state index contributed by atoms with van der Waals surface area (Å²) in [6, 6.07) is 10.7. The Bertz CT molecular complexity index is 1010. The second-order valence-electron chi connectivity index (χ2n) is 6.43. The van der Waals surface area contributed by atoms with E-state index in [4.69, 9.17) is 11.6 Å². The number of nitrogens with zero attached hydrogens (tertiary/aromatic N) is 3. The molecule has 1 saturated heterocycles. The van der Waals surface area contributed by atoms with Crippen LogP contribution in [0.2, 0.25) is 5.02 Å². The molecule has 1 atom stereocenters. The standard InChI is InChI=1S/C19H17ClN4O2/c1-12-6-7-17-22-15(11-23(17)9-12)19(26)21-13-8-18(25)24(10-13)16-5-3-2-4-14(16)20/h2-7,9,11,13H,8,10H2,1H3,(H,21,26)/t13-/m1/s1. The van der Waals surface area contributed by atoms with Crippen LogP contribution in [0.15, 0.2) is 48.8 Å². The number of benzene rings is 1. The zero-order valence-electron chi connectivity index (χ0n) is 14.1. The lowest BCUT2D eigenvalue weighted by Gasteiger charge is -2.18. The van der Waals surface area contributed by atoms with Crippen LogP contribution in [-0.2, 0) is 4.79 Å². The number of pyridine rings is 1. The second-order valence-corrected chi connectivity index (χ2v) is 6.84. The van der Waals surface area contributed by atoms with Crippen molar-refractivity contribution in [2.75, 3.05) is 11.4 Å². The summed E-state index contributed by atoms with van der Waals surface area (Å²) in [7, 11) is 0. The molecule has 1 N–H and O–H groups in total. The third kappa shape index (κ3) is 3.04. The van der Waals surface area contributed by atoms with Crippen LogP contribution in [0, 0.1) is 6.92 Å². The number of anilines is 1. The normalized spacial score (nSPS) is 17.1. The van der Waals surface area contributed by atoms with E-state index in [2.05, 4.69) is 10.3 Å². The molecule has 7 heteroatoms. The van der Waals surface area contributed by atoms with E-state index < -0.39 is 0 Å². The molecule has 1 aliphatic heterocycles. The first kappa shape index (κ1) is 16.6. The summed E-state index contributed by atoms with van der Waals surface area (Å²) in [5.74, 6) is -0.348. The number of amides is 2. The molecule has 0 radical (unpaired) electrons. The van der Waals surface area contributed by atoms with Crippen molar-refractivity contribution in [2.45, 2.75) is 19.4 Å². The highest BCUT2D eigenvalue weighted by Crippen LogP contribution is 2.29. The van der Waals surface area contributed by atoms with Gasteiger partial charge in [0.1, 0.15) is 11.3 Å². The highest BCUT2D eigenvalue weighted by molar-refractivity contribution is 6.33. The summed E-state index contributed by atoms with van der Waals surface area (Å²) in [5.41, 5.74) is 2.79. The summed E-state index contributed by atoms with van der Waals surface area (Å²) in [6.07, 6.45) is 3.85. The minimum Gasteiger partial charge on any atom is -0.346 e. The summed E-state index contributed by atoms with van der Waals surface area (Å²) in [6.45, 7) is 2.37. The summed E-state index contributed by atoms with van der Waals surface area (Å²) in [5, 5.41) is 3.42. The van der Waals surface area contributed by atoms with Gasteiger partial charge in [-0.1, -0.05) is 29.8 Å². The number of hydrogen-bond donors (Lipinski definition) is 1.